The Bertz CT molecular complexity index is 609. The quantitative estimate of drug-likeness (QED) is 0.626. The molecule has 1 saturated heterocycles. The minimum absolute atomic E-state index is 0.00361. The number of nitrogens with zero attached hydrogens (tertiary/aromatic N) is 1. The van der Waals surface area contributed by atoms with Gasteiger partial charge >= 0.3 is 6.03 Å². The summed E-state index contributed by atoms with van der Waals surface area (Å²) in [6, 6.07) is 5.37. The molecule has 0 radical (unpaired) electrons. The van der Waals surface area contributed by atoms with Gasteiger partial charge in [0.2, 0.25) is 11.8 Å². The SMILES string of the molecule is C/C(=C/C(=O)NCCN1C(=O)CNC1=O)c1ccc(F)cc1. The van der Waals surface area contributed by atoms with E-state index in [1.54, 1.807) is 19.1 Å². The minimum atomic E-state index is -0.447. The molecule has 0 atom stereocenters. The molecular formula is C15H16FN3O3. The van der Waals surface area contributed by atoms with Crippen LogP contribution in [0, 0.1) is 5.82 Å². The Balaban J connectivity index is 1.84. The molecule has 0 aromatic heterocycles. The summed E-state index contributed by atoms with van der Waals surface area (Å²) in [5, 5.41) is 5.00. The van der Waals surface area contributed by atoms with Gasteiger partial charge in [0.05, 0.1) is 6.54 Å². The van der Waals surface area contributed by atoms with Gasteiger partial charge in [-0.1, -0.05) is 12.1 Å². The smallest absolute Gasteiger partial charge is 0.324 e. The second-order valence-electron chi connectivity index (χ2n) is 4.83. The number of halogens is 1. The van der Waals surface area contributed by atoms with E-state index in [0.717, 1.165) is 10.5 Å². The van der Waals surface area contributed by atoms with Crippen LogP contribution in [0.3, 0.4) is 0 Å². The van der Waals surface area contributed by atoms with E-state index in [-0.39, 0.29) is 37.3 Å². The van der Waals surface area contributed by atoms with Gasteiger partial charge in [0, 0.05) is 19.2 Å². The molecule has 116 valence electrons. The molecule has 1 aliphatic rings. The van der Waals surface area contributed by atoms with Gasteiger partial charge < -0.3 is 10.6 Å². The number of allylic oxidation sites excluding steroid dienone is 1. The van der Waals surface area contributed by atoms with Gasteiger partial charge in [0.15, 0.2) is 0 Å². The van der Waals surface area contributed by atoms with Crippen LogP contribution < -0.4 is 10.6 Å². The highest BCUT2D eigenvalue weighted by Crippen LogP contribution is 2.13. The lowest BCUT2D eigenvalue weighted by Crippen LogP contribution is -2.38. The molecule has 4 amide bonds. The summed E-state index contributed by atoms with van der Waals surface area (Å²) in [5.74, 6) is -0.985. The summed E-state index contributed by atoms with van der Waals surface area (Å²) >= 11 is 0. The lowest BCUT2D eigenvalue weighted by Gasteiger charge is -2.12. The summed E-state index contributed by atoms with van der Waals surface area (Å²) < 4.78 is 12.8. The van der Waals surface area contributed by atoms with Gasteiger partial charge in [0.25, 0.3) is 0 Å². The second-order valence-corrected chi connectivity index (χ2v) is 4.83. The van der Waals surface area contributed by atoms with Crippen LogP contribution in [0.15, 0.2) is 30.3 Å². The summed E-state index contributed by atoms with van der Waals surface area (Å²) in [5.41, 5.74) is 1.43. The van der Waals surface area contributed by atoms with Crippen LogP contribution in [0.1, 0.15) is 12.5 Å². The molecule has 22 heavy (non-hydrogen) atoms. The summed E-state index contributed by atoms with van der Waals surface area (Å²) in [4.78, 5) is 35.4. The number of urea groups is 1. The molecule has 0 unspecified atom stereocenters. The van der Waals surface area contributed by atoms with E-state index >= 15 is 0 Å². The van der Waals surface area contributed by atoms with E-state index in [2.05, 4.69) is 10.6 Å². The van der Waals surface area contributed by atoms with E-state index in [0.29, 0.717) is 5.57 Å². The molecule has 1 aliphatic heterocycles. The maximum Gasteiger partial charge on any atom is 0.324 e. The van der Waals surface area contributed by atoms with Gasteiger partial charge in [-0.15, -0.1) is 0 Å². The fourth-order valence-corrected chi connectivity index (χ4v) is 2.02. The van der Waals surface area contributed by atoms with E-state index in [1.165, 1.54) is 18.2 Å². The van der Waals surface area contributed by atoms with E-state index in [4.69, 9.17) is 0 Å². The third kappa shape index (κ3) is 3.91. The van der Waals surface area contributed by atoms with Crippen LogP contribution in [-0.4, -0.2) is 42.4 Å². The van der Waals surface area contributed by atoms with Crippen molar-refractivity contribution in [2.45, 2.75) is 6.92 Å². The maximum absolute atomic E-state index is 12.8. The number of amides is 4. The summed E-state index contributed by atoms with van der Waals surface area (Å²) in [7, 11) is 0. The molecule has 6 nitrogen and oxygen atoms in total. The van der Waals surface area contributed by atoms with Gasteiger partial charge in [-0.05, 0) is 30.2 Å². The number of rotatable bonds is 5. The van der Waals surface area contributed by atoms with Crippen molar-refractivity contribution in [2.75, 3.05) is 19.6 Å². The predicted octanol–water partition coefficient (Wildman–Crippen LogP) is 0.897. The Morgan fingerprint density at radius 2 is 2.05 bits per heavy atom. The molecule has 2 rings (SSSR count). The van der Waals surface area contributed by atoms with Crippen molar-refractivity contribution in [3.8, 4) is 0 Å². The molecular weight excluding hydrogens is 289 g/mol. The second kappa shape index (κ2) is 6.84. The number of hydrogen-bond acceptors (Lipinski definition) is 3. The Morgan fingerprint density at radius 1 is 1.36 bits per heavy atom. The summed E-state index contributed by atoms with van der Waals surface area (Å²) in [6.07, 6.45) is 1.39. The topological polar surface area (TPSA) is 78.5 Å². The molecule has 7 heteroatoms. The lowest BCUT2D eigenvalue weighted by molar-refractivity contribution is -0.125. The normalized spacial score (nSPS) is 15.0. The molecule has 0 aliphatic carbocycles. The zero-order valence-corrected chi connectivity index (χ0v) is 12.1. The molecule has 1 aromatic rings. The highest BCUT2D eigenvalue weighted by Gasteiger charge is 2.27. The lowest BCUT2D eigenvalue weighted by atomic mass is 10.1. The number of imide groups is 1. The molecule has 0 spiro atoms. The van der Waals surface area contributed by atoms with Crippen molar-refractivity contribution < 1.29 is 18.8 Å². The third-order valence-corrected chi connectivity index (χ3v) is 3.22. The van der Waals surface area contributed by atoms with Crippen molar-refractivity contribution >= 4 is 23.4 Å². The first kappa shape index (κ1) is 15.7. The maximum atomic E-state index is 12.8. The molecule has 0 saturated carbocycles. The van der Waals surface area contributed by atoms with Crippen molar-refractivity contribution in [2.24, 2.45) is 0 Å². The van der Waals surface area contributed by atoms with Crippen LogP contribution in [-0.2, 0) is 9.59 Å². The number of carbonyl (C=O) groups is 3. The fourth-order valence-electron chi connectivity index (χ4n) is 2.02. The van der Waals surface area contributed by atoms with Crippen LogP contribution >= 0.6 is 0 Å². The first-order chi connectivity index (χ1) is 10.5. The van der Waals surface area contributed by atoms with Gasteiger partial charge in [0.1, 0.15) is 5.82 Å². The number of nitrogens with one attached hydrogen (secondary N) is 2. The Kier molecular flexibility index (Phi) is 4.88. The Hall–Kier alpha value is -2.70. The van der Waals surface area contributed by atoms with E-state index < -0.39 is 6.03 Å². The van der Waals surface area contributed by atoms with Crippen LogP contribution in [0.5, 0.6) is 0 Å². The van der Waals surface area contributed by atoms with Crippen molar-refractivity contribution in [3.05, 3.63) is 41.7 Å². The molecule has 0 bridgehead atoms. The standard InChI is InChI=1S/C15H16FN3O3/c1-10(11-2-4-12(16)5-3-11)8-13(20)17-6-7-19-14(21)9-18-15(19)22/h2-5,8H,6-7,9H2,1H3,(H,17,20)(H,18,22)/b10-8-. The van der Waals surface area contributed by atoms with E-state index in [9.17, 15) is 18.8 Å². The number of hydrogen-bond donors (Lipinski definition) is 2. The zero-order valence-electron chi connectivity index (χ0n) is 12.1. The van der Waals surface area contributed by atoms with Crippen molar-refractivity contribution in [3.63, 3.8) is 0 Å². The molecule has 2 N–H and O–H groups in total. The highest BCUT2D eigenvalue weighted by atomic mass is 19.1. The molecule has 1 heterocycles. The number of benzene rings is 1. The Labute approximate surface area is 127 Å². The first-order valence-corrected chi connectivity index (χ1v) is 6.77. The van der Waals surface area contributed by atoms with Crippen LogP contribution in [0.25, 0.3) is 5.57 Å². The van der Waals surface area contributed by atoms with Gasteiger partial charge in [-0.25, -0.2) is 9.18 Å². The zero-order chi connectivity index (χ0) is 16.1. The third-order valence-electron chi connectivity index (χ3n) is 3.22. The van der Waals surface area contributed by atoms with Gasteiger partial charge in [-0.2, -0.15) is 0 Å². The van der Waals surface area contributed by atoms with Crippen LogP contribution in [0.4, 0.5) is 9.18 Å². The minimum Gasteiger partial charge on any atom is -0.351 e. The average molecular weight is 305 g/mol. The van der Waals surface area contributed by atoms with Crippen molar-refractivity contribution in [1.29, 1.82) is 0 Å². The fraction of sp³-hybridized carbons (Fsp3) is 0.267. The molecule has 1 aromatic carbocycles. The van der Waals surface area contributed by atoms with Gasteiger partial charge in [-0.3, -0.25) is 14.5 Å². The van der Waals surface area contributed by atoms with Crippen molar-refractivity contribution in [1.82, 2.24) is 15.5 Å². The highest BCUT2D eigenvalue weighted by molar-refractivity contribution is 6.02. The summed E-state index contributed by atoms with van der Waals surface area (Å²) in [6.45, 7) is 2.03. The Morgan fingerprint density at radius 3 is 2.64 bits per heavy atom. The number of carbonyl (C=O) groups excluding carboxylic acids is 3. The predicted molar refractivity (Wildman–Crippen MR) is 78.2 cm³/mol. The monoisotopic (exact) mass is 305 g/mol. The largest absolute Gasteiger partial charge is 0.351 e. The van der Waals surface area contributed by atoms with Crippen LogP contribution in [0.2, 0.25) is 0 Å². The first-order valence-electron chi connectivity index (χ1n) is 6.77. The van der Waals surface area contributed by atoms with E-state index in [1.807, 2.05) is 0 Å². The molecule has 1 fully saturated rings. The average Bonchev–Trinajstić information content (AvgIpc) is 2.79.